The van der Waals surface area contributed by atoms with Crippen molar-refractivity contribution < 1.29 is 4.74 Å². The zero-order valence-corrected chi connectivity index (χ0v) is 9.33. The van der Waals surface area contributed by atoms with Gasteiger partial charge in [-0.3, -0.25) is 4.90 Å². The summed E-state index contributed by atoms with van der Waals surface area (Å²) < 4.78 is 5.54. The van der Waals surface area contributed by atoms with Crippen LogP contribution in [0.2, 0.25) is 0 Å². The van der Waals surface area contributed by atoms with E-state index in [1.165, 1.54) is 25.8 Å². The third-order valence-corrected chi connectivity index (χ3v) is 3.72. The molecule has 2 saturated heterocycles. The summed E-state index contributed by atoms with van der Waals surface area (Å²) in [5.41, 5.74) is 0. The third-order valence-electron chi connectivity index (χ3n) is 3.72. The molecule has 0 aromatic heterocycles. The molecule has 3 unspecified atom stereocenters. The SMILES string of the molecule is CC1NCCC1N(C)C1CCCOC1. The monoisotopic (exact) mass is 198 g/mol. The van der Waals surface area contributed by atoms with Crippen LogP contribution in [0.1, 0.15) is 26.2 Å². The maximum atomic E-state index is 5.54. The molecule has 3 nitrogen and oxygen atoms in total. The third kappa shape index (κ3) is 2.10. The Bertz CT molecular complexity index is 180. The minimum atomic E-state index is 0.641. The van der Waals surface area contributed by atoms with Crippen LogP contribution >= 0.6 is 0 Å². The summed E-state index contributed by atoms with van der Waals surface area (Å²) >= 11 is 0. The Labute approximate surface area is 86.8 Å². The second-order valence-corrected chi connectivity index (χ2v) is 4.64. The highest BCUT2D eigenvalue weighted by atomic mass is 16.5. The number of likely N-dealkylation sites (N-methyl/N-ethyl adjacent to an activating group) is 1. The smallest absolute Gasteiger partial charge is 0.0621 e. The lowest BCUT2D eigenvalue weighted by Gasteiger charge is -2.36. The van der Waals surface area contributed by atoms with Crippen LogP contribution in [0, 0.1) is 0 Å². The minimum absolute atomic E-state index is 0.641. The van der Waals surface area contributed by atoms with Crippen LogP contribution in [-0.2, 0) is 4.74 Å². The number of nitrogens with one attached hydrogen (secondary N) is 1. The van der Waals surface area contributed by atoms with Gasteiger partial charge in [0.15, 0.2) is 0 Å². The molecule has 2 fully saturated rings. The highest BCUT2D eigenvalue weighted by Crippen LogP contribution is 2.20. The normalized spacial score (nSPS) is 39.2. The summed E-state index contributed by atoms with van der Waals surface area (Å²) in [7, 11) is 2.26. The molecule has 3 atom stereocenters. The summed E-state index contributed by atoms with van der Waals surface area (Å²) in [6, 6.07) is 2.00. The molecule has 0 aromatic carbocycles. The Morgan fingerprint density at radius 2 is 2.21 bits per heavy atom. The molecule has 14 heavy (non-hydrogen) atoms. The van der Waals surface area contributed by atoms with Crippen molar-refractivity contribution in [2.45, 2.75) is 44.3 Å². The molecule has 2 aliphatic heterocycles. The van der Waals surface area contributed by atoms with Gasteiger partial charge in [0.25, 0.3) is 0 Å². The fourth-order valence-electron chi connectivity index (χ4n) is 2.72. The van der Waals surface area contributed by atoms with E-state index in [1.54, 1.807) is 0 Å². The highest BCUT2D eigenvalue weighted by Gasteiger charge is 2.31. The first-order chi connectivity index (χ1) is 6.79. The van der Waals surface area contributed by atoms with Gasteiger partial charge in [0.2, 0.25) is 0 Å². The molecule has 0 aliphatic carbocycles. The maximum Gasteiger partial charge on any atom is 0.0621 e. The maximum absolute atomic E-state index is 5.54. The van der Waals surface area contributed by atoms with Gasteiger partial charge in [-0.1, -0.05) is 0 Å². The summed E-state index contributed by atoms with van der Waals surface area (Å²) in [6.45, 7) is 5.35. The quantitative estimate of drug-likeness (QED) is 0.712. The van der Waals surface area contributed by atoms with Crippen molar-refractivity contribution in [3.05, 3.63) is 0 Å². The Balaban J connectivity index is 1.89. The van der Waals surface area contributed by atoms with Gasteiger partial charge in [0, 0.05) is 24.7 Å². The van der Waals surface area contributed by atoms with Crippen molar-refractivity contribution in [2.75, 3.05) is 26.8 Å². The molecule has 2 aliphatic rings. The average Bonchev–Trinajstić information content (AvgIpc) is 2.65. The summed E-state index contributed by atoms with van der Waals surface area (Å²) in [6.07, 6.45) is 3.82. The van der Waals surface area contributed by atoms with E-state index in [-0.39, 0.29) is 0 Å². The molecule has 0 amide bonds. The molecule has 2 rings (SSSR count). The largest absolute Gasteiger partial charge is 0.380 e. The summed E-state index contributed by atoms with van der Waals surface area (Å²) in [5, 5.41) is 3.51. The van der Waals surface area contributed by atoms with E-state index >= 15 is 0 Å². The first kappa shape index (κ1) is 10.4. The average molecular weight is 198 g/mol. The summed E-state index contributed by atoms with van der Waals surface area (Å²) in [4.78, 5) is 2.53. The zero-order chi connectivity index (χ0) is 9.97. The van der Waals surface area contributed by atoms with E-state index in [9.17, 15) is 0 Å². The molecule has 82 valence electrons. The van der Waals surface area contributed by atoms with Gasteiger partial charge in [0.05, 0.1) is 6.61 Å². The standard InChI is InChI=1S/C11H22N2O/c1-9-11(5-6-12-9)13(2)10-4-3-7-14-8-10/h9-12H,3-8H2,1-2H3. The van der Waals surface area contributed by atoms with Crippen molar-refractivity contribution in [3.8, 4) is 0 Å². The van der Waals surface area contributed by atoms with Gasteiger partial charge >= 0.3 is 0 Å². The Hall–Kier alpha value is -0.120. The van der Waals surface area contributed by atoms with E-state index in [2.05, 4.69) is 24.2 Å². The van der Waals surface area contributed by atoms with E-state index in [1.807, 2.05) is 0 Å². The molecule has 0 aromatic rings. The number of hydrogen-bond donors (Lipinski definition) is 1. The number of hydrogen-bond acceptors (Lipinski definition) is 3. The van der Waals surface area contributed by atoms with E-state index in [4.69, 9.17) is 4.74 Å². The van der Waals surface area contributed by atoms with Crippen molar-refractivity contribution in [3.63, 3.8) is 0 Å². The molecule has 0 radical (unpaired) electrons. The second kappa shape index (κ2) is 4.60. The van der Waals surface area contributed by atoms with Crippen LogP contribution in [0.15, 0.2) is 0 Å². The molecular weight excluding hydrogens is 176 g/mol. The van der Waals surface area contributed by atoms with Crippen molar-refractivity contribution in [2.24, 2.45) is 0 Å². The second-order valence-electron chi connectivity index (χ2n) is 4.64. The first-order valence-electron chi connectivity index (χ1n) is 5.82. The first-order valence-corrected chi connectivity index (χ1v) is 5.82. The molecule has 0 bridgehead atoms. The highest BCUT2D eigenvalue weighted by molar-refractivity contribution is 4.90. The number of nitrogens with zero attached hydrogens (tertiary/aromatic N) is 1. The fraction of sp³-hybridized carbons (Fsp3) is 1.00. The summed E-state index contributed by atoms with van der Waals surface area (Å²) in [5.74, 6) is 0. The van der Waals surface area contributed by atoms with Crippen molar-refractivity contribution >= 4 is 0 Å². The predicted molar refractivity (Wildman–Crippen MR) is 57.5 cm³/mol. The number of rotatable bonds is 2. The van der Waals surface area contributed by atoms with Gasteiger partial charge in [-0.15, -0.1) is 0 Å². The molecule has 0 spiro atoms. The lowest BCUT2D eigenvalue weighted by molar-refractivity contribution is 0.0110. The van der Waals surface area contributed by atoms with Gasteiger partial charge in [-0.05, 0) is 39.8 Å². The molecule has 1 N–H and O–H groups in total. The molecule has 0 saturated carbocycles. The van der Waals surface area contributed by atoms with Gasteiger partial charge in [-0.25, -0.2) is 0 Å². The van der Waals surface area contributed by atoms with Crippen LogP contribution in [-0.4, -0.2) is 49.8 Å². The van der Waals surface area contributed by atoms with Crippen LogP contribution < -0.4 is 5.32 Å². The van der Waals surface area contributed by atoms with Crippen LogP contribution in [0.25, 0.3) is 0 Å². The zero-order valence-electron chi connectivity index (χ0n) is 9.33. The van der Waals surface area contributed by atoms with Crippen LogP contribution in [0.4, 0.5) is 0 Å². The van der Waals surface area contributed by atoms with Gasteiger partial charge in [-0.2, -0.15) is 0 Å². The Morgan fingerprint density at radius 3 is 2.79 bits per heavy atom. The van der Waals surface area contributed by atoms with E-state index in [0.29, 0.717) is 18.1 Å². The van der Waals surface area contributed by atoms with Crippen molar-refractivity contribution in [1.82, 2.24) is 10.2 Å². The molecule has 3 heteroatoms. The topological polar surface area (TPSA) is 24.5 Å². The lowest BCUT2D eigenvalue weighted by Crippen LogP contribution is -2.48. The number of ether oxygens (including phenoxy) is 1. The molecule has 2 heterocycles. The Kier molecular flexibility index (Phi) is 3.42. The fourth-order valence-corrected chi connectivity index (χ4v) is 2.72. The Morgan fingerprint density at radius 1 is 1.36 bits per heavy atom. The molecular formula is C11H22N2O. The van der Waals surface area contributed by atoms with Crippen LogP contribution in [0.3, 0.4) is 0 Å². The van der Waals surface area contributed by atoms with E-state index in [0.717, 1.165) is 13.2 Å². The van der Waals surface area contributed by atoms with Crippen LogP contribution in [0.5, 0.6) is 0 Å². The predicted octanol–water partition coefficient (Wildman–Crippen LogP) is 0.848. The van der Waals surface area contributed by atoms with E-state index < -0.39 is 0 Å². The van der Waals surface area contributed by atoms with Crippen molar-refractivity contribution in [1.29, 1.82) is 0 Å². The van der Waals surface area contributed by atoms with Gasteiger partial charge in [0.1, 0.15) is 0 Å². The minimum Gasteiger partial charge on any atom is -0.380 e. The lowest BCUT2D eigenvalue weighted by atomic mass is 10.0. The van der Waals surface area contributed by atoms with Gasteiger partial charge < -0.3 is 10.1 Å².